The molecule has 0 rings (SSSR count). The van der Waals surface area contributed by atoms with Crippen LogP contribution in [0.3, 0.4) is 0 Å². The van der Waals surface area contributed by atoms with E-state index in [-0.39, 0.29) is 0 Å². The summed E-state index contributed by atoms with van der Waals surface area (Å²) in [4.78, 5) is 2.12. The van der Waals surface area contributed by atoms with E-state index in [1.807, 2.05) is 14.1 Å². The summed E-state index contributed by atoms with van der Waals surface area (Å²) in [5, 5.41) is 14.4. The van der Waals surface area contributed by atoms with Gasteiger partial charge in [-0.25, -0.2) is 0 Å². The summed E-state index contributed by atoms with van der Waals surface area (Å²) in [6.45, 7) is 2.91. The van der Waals surface area contributed by atoms with E-state index >= 15 is 0 Å². The fraction of sp³-hybridized carbons (Fsp3) is 0.875. The Hall–Kier alpha value is -0.810. The van der Waals surface area contributed by atoms with Crippen molar-refractivity contribution in [2.45, 2.75) is 12.8 Å². The Morgan fingerprint density at radius 3 is 2.69 bits per heavy atom. The van der Waals surface area contributed by atoms with E-state index in [4.69, 9.17) is 10.9 Å². The molecule has 0 spiro atoms. The third-order valence-corrected chi connectivity index (χ3v) is 1.65. The molecule has 0 heterocycles. The molecule has 4 N–H and O–H groups in total. The van der Waals surface area contributed by atoms with Gasteiger partial charge in [0.25, 0.3) is 0 Å². The summed E-state index contributed by atoms with van der Waals surface area (Å²) < 4.78 is 0. The van der Waals surface area contributed by atoms with Crippen LogP contribution in [0, 0.1) is 0 Å². The monoisotopic (exact) mass is 188 g/mol. The molecule has 0 saturated carbocycles. The number of likely N-dealkylation sites (N-methyl/N-ethyl adjacent to an activating group) is 1. The van der Waals surface area contributed by atoms with Crippen LogP contribution in [0.4, 0.5) is 0 Å². The molecule has 0 aliphatic heterocycles. The van der Waals surface area contributed by atoms with Crippen LogP contribution < -0.4 is 11.1 Å². The summed E-state index contributed by atoms with van der Waals surface area (Å²) in [7, 11) is 4.08. The van der Waals surface area contributed by atoms with Crippen molar-refractivity contribution < 1.29 is 5.21 Å². The van der Waals surface area contributed by atoms with Crippen LogP contribution in [0.15, 0.2) is 5.16 Å². The summed E-state index contributed by atoms with van der Waals surface area (Å²) in [6.07, 6.45) is 1.55. The highest BCUT2D eigenvalue weighted by Crippen LogP contribution is 1.86. The van der Waals surface area contributed by atoms with Gasteiger partial charge in [-0.15, -0.1) is 0 Å². The topological polar surface area (TPSA) is 73.9 Å². The van der Waals surface area contributed by atoms with Gasteiger partial charge in [-0.1, -0.05) is 5.16 Å². The Labute approximate surface area is 79.6 Å². The van der Waals surface area contributed by atoms with Crippen LogP contribution >= 0.6 is 0 Å². The highest BCUT2D eigenvalue weighted by Gasteiger charge is 1.93. The molecule has 5 nitrogen and oxygen atoms in total. The number of nitrogens with one attached hydrogen (secondary N) is 1. The molecule has 0 aliphatic carbocycles. The maximum Gasteiger partial charge on any atom is 0.139 e. The minimum atomic E-state index is 0.300. The first-order chi connectivity index (χ1) is 6.16. The molecule has 0 aromatic rings. The zero-order valence-electron chi connectivity index (χ0n) is 8.45. The molecular weight excluding hydrogens is 168 g/mol. The normalized spacial score (nSPS) is 12.4. The van der Waals surface area contributed by atoms with Crippen LogP contribution in [0.1, 0.15) is 12.8 Å². The third kappa shape index (κ3) is 9.10. The van der Waals surface area contributed by atoms with Gasteiger partial charge in [-0.2, -0.15) is 0 Å². The highest BCUT2D eigenvalue weighted by molar-refractivity contribution is 5.79. The van der Waals surface area contributed by atoms with E-state index in [9.17, 15) is 0 Å². The Morgan fingerprint density at radius 1 is 1.46 bits per heavy atom. The van der Waals surface area contributed by atoms with Crippen molar-refractivity contribution in [3.63, 3.8) is 0 Å². The Kier molecular flexibility index (Phi) is 7.33. The summed E-state index contributed by atoms with van der Waals surface area (Å²) in [5.74, 6) is 0.300. The van der Waals surface area contributed by atoms with Crippen molar-refractivity contribution in [3.05, 3.63) is 0 Å². The smallest absolute Gasteiger partial charge is 0.139 e. The predicted octanol–water partition coefficient (Wildman–Crippen LogP) is -0.336. The summed E-state index contributed by atoms with van der Waals surface area (Å²) >= 11 is 0. The molecule has 5 heteroatoms. The standard InChI is InChI=1S/C8H20N4O/c1-12(2)7-6-10-5-3-4-8(9)11-13/h10,13H,3-7H2,1-2H3,(H2,9,11). The number of nitrogens with two attached hydrogens (primary N) is 1. The van der Waals surface area contributed by atoms with Gasteiger partial charge in [0.15, 0.2) is 0 Å². The van der Waals surface area contributed by atoms with Gasteiger partial charge >= 0.3 is 0 Å². The number of amidine groups is 1. The Balaban J connectivity index is 3.09. The first kappa shape index (κ1) is 12.2. The predicted molar refractivity (Wildman–Crippen MR) is 54.1 cm³/mol. The van der Waals surface area contributed by atoms with Crippen LogP contribution in [0.25, 0.3) is 0 Å². The average Bonchev–Trinajstić information content (AvgIpc) is 2.10. The molecule has 0 bridgehead atoms. The molecule has 0 unspecified atom stereocenters. The second-order valence-corrected chi connectivity index (χ2v) is 3.25. The largest absolute Gasteiger partial charge is 0.409 e. The molecular formula is C8H20N4O. The van der Waals surface area contributed by atoms with Gasteiger partial charge in [-0.3, -0.25) is 0 Å². The number of hydrogen-bond donors (Lipinski definition) is 3. The lowest BCUT2D eigenvalue weighted by Crippen LogP contribution is -2.27. The quantitative estimate of drug-likeness (QED) is 0.168. The maximum atomic E-state index is 8.25. The van der Waals surface area contributed by atoms with E-state index < -0.39 is 0 Å². The van der Waals surface area contributed by atoms with E-state index in [1.54, 1.807) is 0 Å². The molecule has 0 fully saturated rings. The van der Waals surface area contributed by atoms with Gasteiger partial charge in [0.05, 0.1) is 0 Å². The number of oxime groups is 1. The lowest BCUT2D eigenvalue weighted by molar-refractivity contribution is 0.316. The van der Waals surface area contributed by atoms with Crippen LogP contribution in [0.2, 0.25) is 0 Å². The van der Waals surface area contributed by atoms with Crippen LogP contribution in [0.5, 0.6) is 0 Å². The van der Waals surface area contributed by atoms with E-state index in [2.05, 4.69) is 15.4 Å². The fourth-order valence-electron chi connectivity index (χ4n) is 0.872. The fourth-order valence-corrected chi connectivity index (χ4v) is 0.872. The molecule has 0 amide bonds. The molecule has 0 aliphatic rings. The van der Waals surface area contributed by atoms with Gasteiger partial charge < -0.3 is 21.2 Å². The highest BCUT2D eigenvalue weighted by atomic mass is 16.4. The molecule has 78 valence electrons. The van der Waals surface area contributed by atoms with Crippen molar-refractivity contribution in [2.75, 3.05) is 33.7 Å². The lowest BCUT2D eigenvalue weighted by atomic mass is 10.3. The summed E-state index contributed by atoms with van der Waals surface area (Å²) in [5.41, 5.74) is 5.30. The van der Waals surface area contributed by atoms with Gasteiger partial charge in [0, 0.05) is 19.5 Å². The Bertz CT molecular complexity index is 147. The Morgan fingerprint density at radius 2 is 2.15 bits per heavy atom. The minimum absolute atomic E-state index is 0.300. The summed E-state index contributed by atoms with van der Waals surface area (Å²) in [6, 6.07) is 0. The second kappa shape index (κ2) is 7.82. The molecule has 0 aromatic heterocycles. The lowest BCUT2D eigenvalue weighted by Gasteiger charge is -2.09. The first-order valence-corrected chi connectivity index (χ1v) is 4.48. The van der Waals surface area contributed by atoms with Gasteiger partial charge in [-0.05, 0) is 27.1 Å². The third-order valence-electron chi connectivity index (χ3n) is 1.65. The first-order valence-electron chi connectivity index (χ1n) is 4.48. The van der Waals surface area contributed by atoms with Crippen molar-refractivity contribution in [3.8, 4) is 0 Å². The van der Waals surface area contributed by atoms with Crippen molar-refractivity contribution >= 4 is 5.84 Å². The van der Waals surface area contributed by atoms with Crippen LogP contribution in [-0.2, 0) is 0 Å². The SMILES string of the molecule is CN(C)CCNCCCC(N)=NO. The maximum absolute atomic E-state index is 8.25. The van der Waals surface area contributed by atoms with Crippen molar-refractivity contribution in [1.82, 2.24) is 10.2 Å². The average molecular weight is 188 g/mol. The van der Waals surface area contributed by atoms with Crippen LogP contribution in [-0.4, -0.2) is 49.7 Å². The zero-order valence-corrected chi connectivity index (χ0v) is 8.45. The van der Waals surface area contributed by atoms with E-state index in [0.717, 1.165) is 26.1 Å². The van der Waals surface area contributed by atoms with Gasteiger partial charge in [0.2, 0.25) is 0 Å². The number of nitrogens with zero attached hydrogens (tertiary/aromatic N) is 2. The minimum Gasteiger partial charge on any atom is -0.409 e. The second-order valence-electron chi connectivity index (χ2n) is 3.25. The van der Waals surface area contributed by atoms with E-state index in [1.165, 1.54) is 0 Å². The van der Waals surface area contributed by atoms with Crippen molar-refractivity contribution in [2.24, 2.45) is 10.9 Å². The van der Waals surface area contributed by atoms with E-state index in [0.29, 0.717) is 12.3 Å². The number of hydrogen-bond acceptors (Lipinski definition) is 4. The molecule has 0 aromatic carbocycles. The molecule has 0 atom stereocenters. The molecule has 0 saturated heterocycles. The molecule has 0 radical (unpaired) electrons. The number of rotatable bonds is 7. The van der Waals surface area contributed by atoms with Crippen molar-refractivity contribution in [1.29, 1.82) is 0 Å². The van der Waals surface area contributed by atoms with Gasteiger partial charge in [0.1, 0.15) is 5.84 Å². The molecule has 13 heavy (non-hydrogen) atoms. The zero-order chi connectivity index (χ0) is 10.1.